The van der Waals surface area contributed by atoms with Crippen LogP contribution in [-0.4, -0.2) is 44.4 Å². The van der Waals surface area contributed by atoms with Gasteiger partial charge in [0.1, 0.15) is 20.9 Å². The lowest BCUT2D eigenvalue weighted by Crippen LogP contribution is -2.40. The molecule has 0 fully saturated rings. The standard InChI is InChI=1S/C19H17N5O2S2/c1-26-9-15-20-8-14(27-15)19(25)24-7-6-12-16(22-10-21-12)17(24)18-23-11-4-2-3-5-13(11)28-18/h2-5,8,10,17H,6-7,9H2,1H3,(H,21,22)/t17-/m0/s1. The molecule has 5 rings (SSSR count). The summed E-state index contributed by atoms with van der Waals surface area (Å²) in [4.78, 5) is 32.7. The van der Waals surface area contributed by atoms with Crippen LogP contribution in [-0.2, 0) is 17.8 Å². The van der Waals surface area contributed by atoms with Gasteiger partial charge in [-0.1, -0.05) is 12.1 Å². The van der Waals surface area contributed by atoms with E-state index in [0.29, 0.717) is 18.0 Å². The van der Waals surface area contributed by atoms with Gasteiger partial charge in [0.2, 0.25) is 0 Å². The van der Waals surface area contributed by atoms with Crippen molar-refractivity contribution in [2.45, 2.75) is 19.1 Å². The Hall–Kier alpha value is -2.62. The van der Waals surface area contributed by atoms with E-state index in [1.807, 2.05) is 23.1 Å². The quantitative estimate of drug-likeness (QED) is 0.556. The van der Waals surface area contributed by atoms with Crippen molar-refractivity contribution in [3.05, 3.63) is 63.1 Å². The van der Waals surface area contributed by atoms with E-state index in [9.17, 15) is 4.79 Å². The molecule has 28 heavy (non-hydrogen) atoms. The zero-order chi connectivity index (χ0) is 19.1. The van der Waals surface area contributed by atoms with Gasteiger partial charge in [0.05, 0.1) is 35.0 Å². The lowest BCUT2D eigenvalue weighted by Gasteiger charge is -2.33. The number of rotatable bonds is 4. The highest BCUT2D eigenvalue weighted by molar-refractivity contribution is 7.18. The van der Waals surface area contributed by atoms with Crippen LogP contribution in [0.4, 0.5) is 0 Å². The molecule has 0 radical (unpaired) electrons. The van der Waals surface area contributed by atoms with Gasteiger partial charge in [-0.3, -0.25) is 4.79 Å². The molecule has 142 valence electrons. The van der Waals surface area contributed by atoms with Gasteiger partial charge in [0.25, 0.3) is 5.91 Å². The fourth-order valence-electron chi connectivity index (χ4n) is 3.49. The minimum absolute atomic E-state index is 0.0437. The van der Waals surface area contributed by atoms with Crippen molar-refractivity contribution in [2.75, 3.05) is 13.7 Å². The van der Waals surface area contributed by atoms with E-state index in [2.05, 4.69) is 21.0 Å². The number of ether oxygens (including phenoxy) is 1. The molecule has 1 N–H and O–H groups in total. The van der Waals surface area contributed by atoms with Gasteiger partial charge in [-0.2, -0.15) is 0 Å². The largest absolute Gasteiger partial charge is 0.378 e. The lowest BCUT2D eigenvalue weighted by atomic mass is 10.0. The number of H-pyrrole nitrogens is 1. The summed E-state index contributed by atoms with van der Waals surface area (Å²) in [6.07, 6.45) is 4.07. The predicted octanol–water partition coefficient (Wildman–Crippen LogP) is 3.41. The maximum absolute atomic E-state index is 13.3. The summed E-state index contributed by atoms with van der Waals surface area (Å²) in [7, 11) is 1.62. The predicted molar refractivity (Wildman–Crippen MR) is 108 cm³/mol. The summed E-state index contributed by atoms with van der Waals surface area (Å²) < 4.78 is 6.23. The number of hydrogen-bond acceptors (Lipinski definition) is 7. The van der Waals surface area contributed by atoms with E-state index in [1.165, 1.54) is 11.3 Å². The Morgan fingerprint density at radius 2 is 2.21 bits per heavy atom. The van der Waals surface area contributed by atoms with Gasteiger partial charge < -0.3 is 14.6 Å². The number of methoxy groups -OCH3 is 1. The number of carbonyl (C=O) groups excluding carboxylic acids is 1. The van der Waals surface area contributed by atoms with Crippen LogP contribution < -0.4 is 0 Å². The number of nitrogens with zero attached hydrogens (tertiary/aromatic N) is 4. The molecule has 1 aromatic carbocycles. The van der Waals surface area contributed by atoms with Crippen molar-refractivity contribution in [1.82, 2.24) is 24.8 Å². The number of aromatic nitrogens is 4. The number of benzene rings is 1. The molecule has 4 aromatic rings. The Labute approximate surface area is 169 Å². The Morgan fingerprint density at radius 1 is 1.32 bits per heavy atom. The van der Waals surface area contributed by atoms with Crippen LogP contribution in [0.1, 0.15) is 37.1 Å². The van der Waals surface area contributed by atoms with Crippen molar-refractivity contribution >= 4 is 38.8 Å². The highest BCUT2D eigenvalue weighted by Gasteiger charge is 2.37. The Kier molecular flexibility index (Phi) is 4.42. The highest BCUT2D eigenvalue weighted by Crippen LogP contribution is 2.38. The minimum atomic E-state index is -0.298. The fourth-order valence-corrected chi connectivity index (χ4v) is 5.42. The van der Waals surface area contributed by atoms with Crippen molar-refractivity contribution < 1.29 is 9.53 Å². The van der Waals surface area contributed by atoms with E-state index in [1.54, 1.807) is 31.0 Å². The first kappa shape index (κ1) is 17.5. The average Bonchev–Trinajstić information content (AvgIpc) is 3.45. The lowest BCUT2D eigenvalue weighted by molar-refractivity contribution is 0.0695. The average molecular weight is 412 g/mol. The molecule has 0 saturated carbocycles. The van der Waals surface area contributed by atoms with Gasteiger partial charge in [0.15, 0.2) is 0 Å². The number of para-hydroxylation sites is 1. The van der Waals surface area contributed by atoms with Crippen molar-refractivity contribution in [2.24, 2.45) is 0 Å². The Bertz CT molecular complexity index is 1120. The van der Waals surface area contributed by atoms with Crippen LogP contribution in [0.2, 0.25) is 0 Å². The summed E-state index contributed by atoms with van der Waals surface area (Å²) in [5.74, 6) is -0.0437. The molecule has 1 aliphatic heterocycles. The number of carbonyl (C=O) groups is 1. The second-order valence-corrected chi connectivity index (χ2v) is 8.67. The van der Waals surface area contributed by atoms with E-state index < -0.39 is 0 Å². The summed E-state index contributed by atoms with van der Waals surface area (Å²) in [5.41, 5.74) is 2.88. The zero-order valence-electron chi connectivity index (χ0n) is 15.1. The number of amides is 1. The number of hydrogen-bond donors (Lipinski definition) is 1. The second kappa shape index (κ2) is 7.08. The first-order valence-corrected chi connectivity index (χ1v) is 10.5. The second-order valence-electron chi connectivity index (χ2n) is 6.49. The molecular formula is C19H17N5O2S2. The number of aromatic amines is 1. The summed E-state index contributed by atoms with van der Waals surface area (Å²) in [5, 5.41) is 1.67. The molecule has 0 unspecified atom stereocenters. The molecule has 0 aliphatic carbocycles. The molecule has 3 aromatic heterocycles. The topological polar surface area (TPSA) is 84.0 Å². The molecule has 7 nitrogen and oxygen atoms in total. The van der Waals surface area contributed by atoms with Crippen LogP contribution in [0.3, 0.4) is 0 Å². The first-order chi connectivity index (χ1) is 13.7. The maximum Gasteiger partial charge on any atom is 0.266 e. The monoisotopic (exact) mass is 411 g/mol. The number of fused-ring (bicyclic) bond motifs is 2. The molecule has 0 bridgehead atoms. The Balaban J connectivity index is 1.56. The van der Waals surface area contributed by atoms with Gasteiger partial charge in [0, 0.05) is 25.8 Å². The SMILES string of the molecule is COCc1ncc(C(=O)N2CCc3[nH]cnc3[C@H]2c2nc3ccccc3s2)s1. The van der Waals surface area contributed by atoms with E-state index in [0.717, 1.165) is 38.0 Å². The van der Waals surface area contributed by atoms with Crippen molar-refractivity contribution in [1.29, 1.82) is 0 Å². The van der Waals surface area contributed by atoms with Gasteiger partial charge in [-0.05, 0) is 12.1 Å². The summed E-state index contributed by atoms with van der Waals surface area (Å²) >= 11 is 2.98. The number of imidazole rings is 1. The Morgan fingerprint density at radius 3 is 3.07 bits per heavy atom. The molecule has 1 atom stereocenters. The van der Waals surface area contributed by atoms with Crippen molar-refractivity contribution in [3.8, 4) is 0 Å². The highest BCUT2D eigenvalue weighted by atomic mass is 32.1. The molecular weight excluding hydrogens is 394 g/mol. The van der Waals surface area contributed by atoms with Crippen LogP contribution in [0, 0.1) is 0 Å². The number of nitrogens with one attached hydrogen (secondary N) is 1. The molecule has 1 amide bonds. The maximum atomic E-state index is 13.3. The van der Waals surface area contributed by atoms with Crippen molar-refractivity contribution in [3.63, 3.8) is 0 Å². The zero-order valence-corrected chi connectivity index (χ0v) is 16.7. The third-order valence-electron chi connectivity index (χ3n) is 4.76. The smallest absolute Gasteiger partial charge is 0.266 e. The number of thiazole rings is 2. The van der Waals surface area contributed by atoms with Crippen LogP contribution in [0.15, 0.2) is 36.8 Å². The first-order valence-electron chi connectivity index (χ1n) is 8.87. The van der Waals surface area contributed by atoms with Crippen LogP contribution in [0.25, 0.3) is 10.2 Å². The molecule has 0 spiro atoms. The fraction of sp³-hybridized carbons (Fsp3) is 0.263. The van der Waals surface area contributed by atoms with Crippen LogP contribution in [0.5, 0.6) is 0 Å². The van der Waals surface area contributed by atoms with Gasteiger partial charge in [-0.15, -0.1) is 22.7 Å². The molecule has 4 heterocycles. The normalized spacial score (nSPS) is 16.5. The van der Waals surface area contributed by atoms with Crippen LogP contribution >= 0.6 is 22.7 Å². The van der Waals surface area contributed by atoms with E-state index >= 15 is 0 Å². The van der Waals surface area contributed by atoms with E-state index in [-0.39, 0.29) is 11.9 Å². The van der Waals surface area contributed by atoms with Gasteiger partial charge >= 0.3 is 0 Å². The van der Waals surface area contributed by atoms with Gasteiger partial charge in [-0.25, -0.2) is 15.0 Å². The molecule has 0 saturated heterocycles. The molecule has 9 heteroatoms. The summed E-state index contributed by atoms with van der Waals surface area (Å²) in [6, 6.07) is 7.73. The molecule has 1 aliphatic rings. The third kappa shape index (κ3) is 2.92. The van der Waals surface area contributed by atoms with E-state index in [4.69, 9.17) is 9.72 Å². The summed E-state index contributed by atoms with van der Waals surface area (Å²) in [6.45, 7) is 1.01. The minimum Gasteiger partial charge on any atom is -0.378 e. The third-order valence-corrected chi connectivity index (χ3v) is 6.81.